The number of hydrogen-bond donors (Lipinski definition) is 3. The number of carbonyl (C=O) groups is 3. The van der Waals surface area contributed by atoms with Gasteiger partial charge in [0.2, 0.25) is 0 Å². The van der Waals surface area contributed by atoms with E-state index in [-0.39, 0.29) is 69.7 Å². The van der Waals surface area contributed by atoms with Crippen LogP contribution in [0.5, 0.6) is 0 Å². The molecular weight excluding hydrogens is 594 g/mol. The number of hydrogen-bond acceptors (Lipinski definition) is 9. The summed E-state index contributed by atoms with van der Waals surface area (Å²) in [6, 6.07) is 1.47. The second-order valence-corrected chi connectivity index (χ2v) is 6.50. The van der Waals surface area contributed by atoms with Crippen molar-refractivity contribution in [1.29, 1.82) is 0 Å². The third-order valence-corrected chi connectivity index (χ3v) is 4.36. The summed E-state index contributed by atoms with van der Waals surface area (Å²) in [5.41, 5.74) is 0.629. The molecule has 1 unspecified atom stereocenters. The molecule has 2 heterocycles. The molecule has 1 aromatic rings. The largest absolute Gasteiger partial charge is 2.00 e. The van der Waals surface area contributed by atoms with Crippen molar-refractivity contribution in [2.45, 2.75) is 25.4 Å². The summed E-state index contributed by atoms with van der Waals surface area (Å²) < 4.78 is 10.2. The van der Waals surface area contributed by atoms with Crippen LogP contribution in [0, 0.1) is 6.20 Å². The van der Waals surface area contributed by atoms with Crippen molar-refractivity contribution in [1.82, 2.24) is 20.4 Å². The van der Waals surface area contributed by atoms with Gasteiger partial charge in [-0.2, -0.15) is 5.10 Å². The SMILES string of the molecule is COC(=[C-]NCC(=O)O)N=[C-]c1nnc(C(=O)N2CCC(OC)C2)cc1CCC(=O)O.[W+2]. The number of carboxylic acid groups (broad SMARTS) is 2. The van der Waals surface area contributed by atoms with E-state index in [1.165, 1.54) is 13.2 Å². The molecule has 1 fully saturated rings. The van der Waals surface area contributed by atoms with Gasteiger partial charge in [0.1, 0.15) is 5.69 Å². The maximum atomic E-state index is 12.7. The number of carboxylic acids is 2. The first-order chi connectivity index (χ1) is 14.8. The maximum absolute atomic E-state index is 12.7. The van der Waals surface area contributed by atoms with E-state index in [1.54, 1.807) is 12.0 Å². The van der Waals surface area contributed by atoms with Gasteiger partial charge in [-0.25, -0.2) is 0 Å². The molecule has 1 aromatic heterocycles. The second kappa shape index (κ2) is 13.5. The first kappa shape index (κ1) is 27.2. The number of methoxy groups -OCH3 is 2. The zero-order valence-corrected chi connectivity index (χ0v) is 20.5. The van der Waals surface area contributed by atoms with Gasteiger partial charge < -0.3 is 41.1 Å². The number of likely N-dealkylation sites (tertiary alicyclic amines) is 1. The number of ether oxygens (including phenoxy) is 2. The summed E-state index contributed by atoms with van der Waals surface area (Å²) in [4.78, 5) is 39.7. The number of nitrogens with zero attached hydrogens (tertiary/aromatic N) is 4. The summed E-state index contributed by atoms with van der Waals surface area (Å²) in [6.07, 6.45) is 5.59. The average Bonchev–Trinajstić information content (AvgIpc) is 3.23. The zero-order chi connectivity index (χ0) is 22.8. The number of nitrogens with one attached hydrogen (secondary N) is 1. The van der Waals surface area contributed by atoms with Gasteiger partial charge in [-0.05, 0) is 12.1 Å². The van der Waals surface area contributed by atoms with Crippen LogP contribution in [0.15, 0.2) is 16.9 Å². The molecule has 1 saturated heterocycles. The molecule has 2 rings (SSSR count). The minimum Gasteiger partial charge on any atom is -0.570 e. The molecule has 0 radical (unpaired) electrons. The van der Waals surface area contributed by atoms with Gasteiger partial charge in [0.25, 0.3) is 5.91 Å². The van der Waals surface area contributed by atoms with Crippen molar-refractivity contribution >= 4 is 24.1 Å². The first-order valence-electron chi connectivity index (χ1n) is 9.32. The van der Waals surface area contributed by atoms with Gasteiger partial charge in [0, 0.05) is 26.6 Å². The zero-order valence-electron chi connectivity index (χ0n) is 17.5. The summed E-state index contributed by atoms with van der Waals surface area (Å²) in [5, 5.41) is 27.9. The Balaban J connectivity index is 0.00000512. The topological polar surface area (TPSA) is 164 Å². The van der Waals surface area contributed by atoms with Crippen LogP contribution in [0.25, 0.3) is 0 Å². The monoisotopic (exact) mass is 617 g/mol. The molecule has 3 N–H and O–H groups in total. The van der Waals surface area contributed by atoms with E-state index in [0.717, 1.165) is 6.42 Å². The van der Waals surface area contributed by atoms with Crippen molar-refractivity contribution in [3.63, 3.8) is 0 Å². The molecule has 13 heteroatoms. The van der Waals surface area contributed by atoms with Gasteiger partial charge in [0.05, 0.1) is 19.8 Å². The van der Waals surface area contributed by atoms with Gasteiger partial charge in [0.15, 0.2) is 0 Å². The summed E-state index contributed by atoms with van der Waals surface area (Å²) in [5.74, 6) is -2.53. The van der Waals surface area contributed by atoms with E-state index >= 15 is 0 Å². The fourth-order valence-corrected chi connectivity index (χ4v) is 2.75. The Bertz CT molecular complexity index is 878. The minimum absolute atomic E-state index is 0. The molecule has 1 aliphatic rings. The van der Waals surface area contributed by atoms with Crippen LogP contribution in [0.4, 0.5) is 0 Å². The van der Waals surface area contributed by atoms with Crippen LogP contribution in [0.3, 0.4) is 0 Å². The molecule has 1 atom stereocenters. The molecule has 1 aliphatic heterocycles. The molecule has 32 heavy (non-hydrogen) atoms. The third-order valence-electron chi connectivity index (χ3n) is 4.36. The van der Waals surface area contributed by atoms with Crippen molar-refractivity contribution in [2.75, 3.05) is 33.9 Å². The van der Waals surface area contributed by atoms with Gasteiger partial charge >= 0.3 is 33.0 Å². The molecule has 0 saturated carbocycles. The van der Waals surface area contributed by atoms with E-state index in [9.17, 15) is 14.4 Å². The molecule has 0 aliphatic carbocycles. The van der Waals surface area contributed by atoms with Crippen LogP contribution in [0.1, 0.15) is 34.6 Å². The van der Waals surface area contributed by atoms with Gasteiger partial charge in [-0.1, -0.05) is 24.6 Å². The second-order valence-electron chi connectivity index (χ2n) is 6.50. The van der Waals surface area contributed by atoms with Crippen molar-refractivity contribution in [2.24, 2.45) is 4.99 Å². The normalized spacial score (nSPS) is 16.0. The summed E-state index contributed by atoms with van der Waals surface area (Å²) in [6.45, 7) is 0.585. The van der Waals surface area contributed by atoms with Crippen LogP contribution >= 0.6 is 0 Å². The third kappa shape index (κ3) is 8.35. The van der Waals surface area contributed by atoms with Crippen LogP contribution in [0.2, 0.25) is 0 Å². The Hall–Kier alpha value is -2.85. The Morgan fingerprint density at radius 1 is 1.28 bits per heavy atom. The Morgan fingerprint density at radius 2 is 2.03 bits per heavy atom. The number of rotatable bonds is 11. The van der Waals surface area contributed by atoms with Crippen LogP contribution in [-0.2, 0) is 46.5 Å². The standard InChI is InChI=1S/C19H23N5O7.W/c1-30-13-5-6-24(11-13)19(29)14-7-12(3-4-17(25)26)15(23-22-14)8-21-16(31-2)9-20-10-18(27)28;/h7,13,20H,3-6,10-11H2,1-2H3,(H,25,26)(H,27,28);/q-2;+2. The van der Waals surface area contributed by atoms with E-state index < -0.39 is 11.9 Å². The fourth-order valence-electron chi connectivity index (χ4n) is 2.75. The molecule has 172 valence electrons. The number of carbonyl (C=O) groups excluding carboxylic acids is 1. The Labute approximate surface area is 199 Å². The number of aliphatic carboxylic acids is 2. The summed E-state index contributed by atoms with van der Waals surface area (Å²) in [7, 11) is 2.89. The number of aryl methyl sites for hydroxylation is 1. The van der Waals surface area contributed by atoms with Crippen molar-refractivity contribution in [3.8, 4) is 0 Å². The van der Waals surface area contributed by atoms with Gasteiger partial charge in [-0.3, -0.25) is 14.4 Å². The predicted molar refractivity (Wildman–Crippen MR) is 105 cm³/mol. The number of aromatic nitrogens is 2. The average molecular weight is 617 g/mol. The smallest absolute Gasteiger partial charge is 0.570 e. The van der Waals surface area contributed by atoms with E-state index in [0.29, 0.717) is 18.7 Å². The number of aliphatic imine (C=N–C) groups is 1. The Kier molecular flexibility index (Phi) is 11.5. The van der Waals surface area contributed by atoms with Gasteiger partial charge in [-0.15, -0.1) is 10.7 Å². The molecule has 0 aromatic carbocycles. The first-order valence-corrected chi connectivity index (χ1v) is 9.32. The fraction of sp³-hybridized carbons (Fsp3) is 0.474. The van der Waals surface area contributed by atoms with Crippen molar-refractivity contribution in [3.05, 3.63) is 35.1 Å². The molecule has 1 amide bonds. The number of amides is 1. The molecule has 0 spiro atoms. The van der Waals surface area contributed by atoms with Crippen LogP contribution in [-0.4, -0.2) is 89.3 Å². The molecule has 12 nitrogen and oxygen atoms in total. The van der Waals surface area contributed by atoms with E-state index in [4.69, 9.17) is 19.7 Å². The van der Waals surface area contributed by atoms with Crippen LogP contribution < -0.4 is 5.32 Å². The minimum atomic E-state index is -1.09. The quantitative estimate of drug-likeness (QED) is 0.129. The van der Waals surface area contributed by atoms with E-state index in [2.05, 4.69) is 32.9 Å². The van der Waals surface area contributed by atoms with E-state index in [1.807, 2.05) is 0 Å². The molecule has 0 bridgehead atoms. The molecular formula is C19H23N5O7W. The maximum Gasteiger partial charge on any atom is 2.00 e. The van der Waals surface area contributed by atoms with Crippen molar-refractivity contribution < 1.29 is 55.1 Å². The summed E-state index contributed by atoms with van der Waals surface area (Å²) >= 11 is 0. The predicted octanol–water partition coefficient (Wildman–Crippen LogP) is -0.429. The Morgan fingerprint density at radius 3 is 2.62 bits per heavy atom.